The van der Waals surface area contributed by atoms with Gasteiger partial charge in [-0.3, -0.25) is 9.59 Å². The number of likely N-dealkylation sites (N-methyl/N-ethyl adjacent to an activating group) is 1. The summed E-state index contributed by atoms with van der Waals surface area (Å²) in [5.74, 6) is -0.762. The molecule has 2 aromatic carbocycles. The van der Waals surface area contributed by atoms with Crippen molar-refractivity contribution >= 4 is 35.0 Å². The normalized spacial score (nSPS) is 11.6. The summed E-state index contributed by atoms with van der Waals surface area (Å²) in [6.07, 6.45) is 0. The summed E-state index contributed by atoms with van der Waals surface area (Å²) < 4.78 is 18.4. The smallest absolute Gasteiger partial charge is 0.261 e. The number of ether oxygens (including phenoxy) is 1. The van der Waals surface area contributed by atoms with Crippen molar-refractivity contribution in [1.82, 2.24) is 10.2 Å². The first-order chi connectivity index (χ1) is 12.8. The lowest BCUT2D eigenvalue weighted by Crippen LogP contribution is -2.48. The maximum absolute atomic E-state index is 13.0. The Morgan fingerprint density at radius 3 is 2.41 bits per heavy atom. The molecule has 0 unspecified atom stereocenters. The lowest BCUT2D eigenvalue weighted by molar-refractivity contribution is -0.142. The second-order valence-corrected chi connectivity index (χ2v) is 6.62. The molecule has 0 aliphatic heterocycles. The third kappa shape index (κ3) is 5.84. The van der Waals surface area contributed by atoms with E-state index in [1.54, 1.807) is 25.1 Å². The highest BCUT2D eigenvalue weighted by Crippen LogP contribution is 2.24. The summed E-state index contributed by atoms with van der Waals surface area (Å²) in [5, 5.41) is 3.28. The Morgan fingerprint density at radius 2 is 1.81 bits per heavy atom. The SMILES string of the molecule is CNC(=O)[C@H](C)N(Cc1ccc(Cl)c(Cl)c1)C(=O)COc1ccc(F)cc1. The molecule has 0 radical (unpaired) electrons. The molecule has 0 aliphatic rings. The highest BCUT2D eigenvalue weighted by molar-refractivity contribution is 6.42. The summed E-state index contributed by atoms with van der Waals surface area (Å²) in [5.41, 5.74) is 0.718. The molecule has 5 nitrogen and oxygen atoms in total. The number of nitrogens with zero attached hydrogens (tertiary/aromatic N) is 1. The van der Waals surface area contributed by atoms with Gasteiger partial charge in [0.15, 0.2) is 6.61 Å². The van der Waals surface area contributed by atoms with Crippen molar-refractivity contribution in [3.8, 4) is 5.75 Å². The van der Waals surface area contributed by atoms with Gasteiger partial charge < -0.3 is 15.0 Å². The molecule has 0 fully saturated rings. The van der Waals surface area contributed by atoms with Crippen LogP contribution < -0.4 is 10.1 Å². The van der Waals surface area contributed by atoms with Crippen molar-refractivity contribution in [3.63, 3.8) is 0 Å². The molecule has 0 saturated heterocycles. The first-order valence-corrected chi connectivity index (χ1v) is 8.90. The highest BCUT2D eigenvalue weighted by atomic mass is 35.5. The minimum absolute atomic E-state index is 0.150. The Balaban J connectivity index is 2.14. The van der Waals surface area contributed by atoms with Gasteiger partial charge >= 0.3 is 0 Å². The van der Waals surface area contributed by atoms with Crippen molar-refractivity contribution in [2.75, 3.05) is 13.7 Å². The van der Waals surface area contributed by atoms with Gasteiger partial charge in [0.05, 0.1) is 10.0 Å². The molecular formula is C19H19Cl2FN2O3. The van der Waals surface area contributed by atoms with Crippen molar-refractivity contribution in [2.45, 2.75) is 19.5 Å². The van der Waals surface area contributed by atoms with Crippen LogP contribution in [0.25, 0.3) is 0 Å². The highest BCUT2D eigenvalue weighted by Gasteiger charge is 2.26. The Bertz CT molecular complexity index is 815. The fourth-order valence-electron chi connectivity index (χ4n) is 2.39. The Hall–Kier alpha value is -2.31. The van der Waals surface area contributed by atoms with E-state index in [2.05, 4.69) is 5.32 Å². The van der Waals surface area contributed by atoms with Crippen molar-refractivity contribution in [2.24, 2.45) is 0 Å². The van der Waals surface area contributed by atoms with E-state index in [0.29, 0.717) is 15.8 Å². The largest absolute Gasteiger partial charge is 0.484 e. The molecule has 1 atom stereocenters. The Kier molecular flexibility index (Phi) is 7.45. The topological polar surface area (TPSA) is 58.6 Å². The van der Waals surface area contributed by atoms with Crippen LogP contribution in [0.15, 0.2) is 42.5 Å². The van der Waals surface area contributed by atoms with E-state index < -0.39 is 17.8 Å². The lowest BCUT2D eigenvalue weighted by atomic mass is 10.1. The van der Waals surface area contributed by atoms with Gasteiger partial charge in [-0.2, -0.15) is 0 Å². The first kappa shape index (κ1) is 21.0. The quantitative estimate of drug-likeness (QED) is 0.754. The van der Waals surface area contributed by atoms with E-state index >= 15 is 0 Å². The number of benzene rings is 2. The van der Waals surface area contributed by atoms with Crippen LogP contribution in [0, 0.1) is 5.82 Å². The number of nitrogens with one attached hydrogen (secondary N) is 1. The molecule has 144 valence electrons. The average Bonchev–Trinajstić information content (AvgIpc) is 2.67. The summed E-state index contributed by atoms with van der Waals surface area (Å²) in [6.45, 7) is 1.47. The van der Waals surface area contributed by atoms with Crippen LogP contribution in [0.5, 0.6) is 5.75 Å². The van der Waals surface area contributed by atoms with Crippen LogP contribution in [-0.2, 0) is 16.1 Å². The molecule has 2 aromatic rings. The van der Waals surface area contributed by atoms with Gasteiger partial charge in [0, 0.05) is 13.6 Å². The molecule has 2 amide bonds. The minimum atomic E-state index is -0.728. The van der Waals surface area contributed by atoms with Crippen LogP contribution >= 0.6 is 23.2 Å². The van der Waals surface area contributed by atoms with Crippen LogP contribution in [0.4, 0.5) is 4.39 Å². The molecule has 2 rings (SSSR count). The molecule has 0 heterocycles. The van der Waals surface area contributed by atoms with Crippen molar-refractivity contribution in [1.29, 1.82) is 0 Å². The Morgan fingerprint density at radius 1 is 1.15 bits per heavy atom. The number of rotatable bonds is 7. The number of hydrogen-bond donors (Lipinski definition) is 1. The van der Waals surface area contributed by atoms with Gasteiger partial charge in [-0.25, -0.2) is 4.39 Å². The minimum Gasteiger partial charge on any atom is -0.484 e. The monoisotopic (exact) mass is 412 g/mol. The zero-order chi connectivity index (χ0) is 20.0. The number of carbonyl (C=O) groups excluding carboxylic acids is 2. The zero-order valence-electron chi connectivity index (χ0n) is 14.8. The predicted octanol–water partition coefficient (Wildman–Crippen LogP) is 3.67. The van der Waals surface area contributed by atoms with Crippen LogP contribution in [-0.4, -0.2) is 36.4 Å². The van der Waals surface area contributed by atoms with Gasteiger partial charge in [0.2, 0.25) is 5.91 Å². The van der Waals surface area contributed by atoms with E-state index in [4.69, 9.17) is 27.9 Å². The standard InChI is InChI=1S/C19H19Cl2FN2O3/c1-12(19(26)23-2)24(10-13-3-8-16(20)17(21)9-13)18(25)11-27-15-6-4-14(22)5-7-15/h3-9,12H,10-11H2,1-2H3,(H,23,26)/t12-/m0/s1. The molecular weight excluding hydrogens is 394 g/mol. The van der Waals surface area contributed by atoms with Crippen molar-refractivity contribution in [3.05, 3.63) is 63.9 Å². The summed E-state index contributed by atoms with van der Waals surface area (Å²) in [7, 11) is 1.50. The number of amides is 2. The number of carbonyl (C=O) groups is 2. The van der Waals surface area contributed by atoms with E-state index in [1.807, 2.05) is 0 Å². The second kappa shape index (κ2) is 9.58. The predicted molar refractivity (Wildman–Crippen MR) is 102 cm³/mol. The third-order valence-electron chi connectivity index (χ3n) is 3.93. The fourth-order valence-corrected chi connectivity index (χ4v) is 2.71. The molecule has 27 heavy (non-hydrogen) atoms. The molecule has 8 heteroatoms. The van der Waals surface area contributed by atoms with E-state index in [9.17, 15) is 14.0 Å². The van der Waals surface area contributed by atoms with Gasteiger partial charge in [-0.15, -0.1) is 0 Å². The van der Waals surface area contributed by atoms with E-state index in [-0.39, 0.29) is 19.1 Å². The lowest BCUT2D eigenvalue weighted by Gasteiger charge is -2.28. The van der Waals surface area contributed by atoms with E-state index in [1.165, 1.54) is 36.2 Å². The van der Waals surface area contributed by atoms with Crippen LogP contribution in [0.1, 0.15) is 12.5 Å². The molecule has 0 saturated carbocycles. The summed E-state index contributed by atoms with van der Waals surface area (Å²) in [4.78, 5) is 26.1. The van der Waals surface area contributed by atoms with Gasteiger partial charge in [-0.05, 0) is 48.9 Å². The summed E-state index contributed by atoms with van der Waals surface area (Å²) >= 11 is 12.0. The summed E-state index contributed by atoms with van der Waals surface area (Å²) in [6, 6.07) is 9.59. The molecule has 0 aromatic heterocycles. The average molecular weight is 413 g/mol. The van der Waals surface area contributed by atoms with Crippen molar-refractivity contribution < 1.29 is 18.7 Å². The van der Waals surface area contributed by atoms with Gasteiger partial charge in [-0.1, -0.05) is 29.3 Å². The first-order valence-electron chi connectivity index (χ1n) is 8.15. The molecule has 1 N–H and O–H groups in total. The van der Waals surface area contributed by atoms with E-state index in [0.717, 1.165) is 5.56 Å². The molecule has 0 spiro atoms. The fraction of sp³-hybridized carbons (Fsp3) is 0.263. The zero-order valence-corrected chi connectivity index (χ0v) is 16.4. The third-order valence-corrected chi connectivity index (χ3v) is 4.67. The van der Waals surface area contributed by atoms with Gasteiger partial charge in [0.25, 0.3) is 5.91 Å². The Labute approximate surface area is 167 Å². The number of halogens is 3. The second-order valence-electron chi connectivity index (χ2n) is 5.80. The molecule has 0 aliphatic carbocycles. The number of hydrogen-bond acceptors (Lipinski definition) is 3. The maximum atomic E-state index is 13.0. The maximum Gasteiger partial charge on any atom is 0.261 e. The van der Waals surface area contributed by atoms with Gasteiger partial charge in [0.1, 0.15) is 17.6 Å². The molecule has 0 bridgehead atoms. The van der Waals surface area contributed by atoms with Crippen LogP contribution in [0.3, 0.4) is 0 Å². The van der Waals surface area contributed by atoms with Crippen LogP contribution in [0.2, 0.25) is 10.0 Å².